The van der Waals surface area contributed by atoms with Crippen molar-refractivity contribution in [2.24, 2.45) is 0 Å². The lowest BCUT2D eigenvalue weighted by molar-refractivity contribution is -0.119. The lowest BCUT2D eigenvalue weighted by Gasteiger charge is -2.11. The SMILES string of the molecule is CC(=O)c1ccccc1NC(=O)COC(=O)c1ccccc1SCC(=O)Nc1ccc(C)cc1. The van der Waals surface area contributed by atoms with Gasteiger partial charge >= 0.3 is 5.97 Å². The summed E-state index contributed by atoms with van der Waals surface area (Å²) in [6.07, 6.45) is 0. The number of rotatable bonds is 9. The van der Waals surface area contributed by atoms with E-state index in [0.29, 0.717) is 21.8 Å². The highest BCUT2D eigenvalue weighted by Gasteiger charge is 2.17. The number of Topliss-reactive ketones (excluding diaryl/α,β-unsaturated/α-hetero) is 1. The molecule has 0 aromatic heterocycles. The second-order valence-electron chi connectivity index (χ2n) is 7.43. The Bertz CT molecular complexity index is 1210. The maximum Gasteiger partial charge on any atom is 0.339 e. The summed E-state index contributed by atoms with van der Waals surface area (Å²) in [4.78, 5) is 49.4. The summed E-state index contributed by atoms with van der Waals surface area (Å²) in [5, 5.41) is 5.40. The van der Waals surface area contributed by atoms with Crippen molar-refractivity contribution in [3.05, 3.63) is 89.5 Å². The van der Waals surface area contributed by atoms with Gasteiger partial charge in [0.25, 0.3) is 5.91 Å². The second kappa shape index (κ2) is 11.8. The molecular weight excluding hydrogens is 452 g/mol. The van der Waals surface area contributed by atoms with E-state index in [9.17, 15) is 19.2 Å². The summed E-state index contributed by atoms with van der Waals surface area (Å²) in [5.74, 6) is -1.55. The summed E-state index contributed by atoms with van der Waals surface area (Å²) in [5.41, 5.74) is 2.77. The molecule has 2 N–H and O–H groups in total. The average Bonchev–Trinajstić information content (AvgIpc) is 2.83. The summed E-state index contributed by atoms with van der Waals surface area (Å²) in [6, 6.07) is 20.8. The number of carbonyl (C=O) groups excluding carboxylic acids is 4. The number of para-hydroxylation sites is 1. The van der Waals surface area contributed by atoms with Crippen LogP contribution in [0.4, 0.5) is 11.4 Å². The maximum absolute atomic E-state index is 12.6. The van der Waals surface area contributed by atoms with Crippen LogP contribution in [-0.2, 0) is 14.3 Å². The van der Waals surface area contributed by atoms with Gasteiger partial charge in [-0.1, -0.05) is 42.0 Å². The molecule has 3 aromatic rings. The Morgan fingerprint density at radius 2 is 1.44 bits per heavy atom. The number of esters is 1. The number of ether oxygens (including phenoxy) is 1. The number of anilines is 2. The van der Waals surface area contributed by atoms with Crippen LogP contribution in [0.25, 0.3) is 0 Å². The Kier molecular flexibility index (Phi) is 8.59. The minimum absolute atomic E-state index is 0.0977. The molecule has 3 rings (SSSR count). The van der Waals surface area contributed by atoms with Crippen LogP contribution in [0.1, 0.15) is 33.2 Å². The van der Waals surface area contributed by atoms with Gasteiger partial charge in [0.1, 0.15) is 0 Å². The van der Waals surface area contributed by atoms with E-state index in [1.165, 1.54) is 18.7 Å². The Morgan fingerprint density at radius 3 is 2.15 bits per heavy atom. The molecule has 34 heavy (non-hydrogen) atoms. The highest BCUT2D eigenvalue weighted by atomic mass is 32.2. The fourth-order valence-electron chi connectivity index (χ4n) is 3.03. The molecule has 0 radical (unpaired) electrons. The van der Waals surface area contributed by atoms with E-state index in [2.05, 4.69) is 10.6 Å². The molecule has 0 saturated heterocycles. The maximum atomic E-state index is 12.6. The molecule has 7 nitrogen and oxygen atoms in total. The van der Waals surface area contributed by atoms with Crippen molar-refractivity contribution in [3.63, 3.8) is 0 Å². The standard InChI is InChI=1S/C26H24N2O5S/c1-17-11-13-19(14-12-17)27-25(31)16-34-23-10-6-4-8-21(23)26(32)33-15-24(30)28-22-9-5-3-7-20(22)18(2)29/h3-14H,15-16H2,1-2H3,(H,27,31)(H,28,30). The first-order valence-electron chi connectivity index (χ1n) is 10.5. The summed E-state index contributed by atoms with van der Waals surface area (Å²) < 4.78 is 5.17. The number of nitrogens with one attached hydrogen (secondary N) is 2. The van der Waals surface area contributed by atoms with Gasteiger partial charge in [-0.2, -0.15) is 0 Å². The smallest absolute Gasteiger partial charge is 0.339 e. The fourth-order valence-corrected chi connectivity index (χ4v) is 3.87. The van der Waals surface area contributed by atoms with Crippen molar-refractivity contribution in [1.29, 1.82) is 0 Å². The largest absolute Gasteiger partial charge is 0.452 e. The van der Waals surface area contributed by atoms with Crippen LogP contribution in [0.5, 0.6) is 0 Å². The number of aryl methyl sites for hydroxylation is 1. The minimum Gasteiger partial charge on any atom is -0.452 e. The highest BCUT2D eigenvalue weighted by molar-refractivity contribution is 8.00. The van der Waals surface area contributed by atoms with Crippen LogP contribution in [-0.4, -0.2) is 35.9 Å². The van der Waals surface area contributed by atoms with Crippen molar-refractivity contribution in [2.75, 3.05) is 23.0 Å². The first-order chi connectivity index (χ1) is 16.3. The molecule has 0 heterocycles. The highest BCUT2D eigenvalue weighted by Crippen LogP contribution is 2.24. The van der Waals surface area contributed by atoms with E-state index in [1.54, 1.807) is 48.5 Å². The zero-order valence-electron chi connectivity index (χ0n) is 18.8. The van der Waals surface area contributed by atoms with Crippen LogP contribution in [0.3, 0.4) is 0 Å². The lowest BCUT2D eigenvalue weighted by Crippen LogP contribution is -2.22. The third-order valence-corrected chi connectivity index (χ3v) is 5.79. The number of amides is 2. The monoisotopic (exact) mass is 476 g/mol. The van der Waals surface area contributed by atoms with Gasteiger partial charge in [-0.25, -0.2) is 4.79 Å². The van der Waals surface area contributed by atoms with E-state index in [1.807, 2.05) is 31.2 Å². The van der Waals surface area contributed by atoms with Gasteiger partial charge in [0, 0.05) is 16.1 Å². The van der Waals surface area contributed by atoms with Crippen molar-refractivity contribution in [2.45, 2.75) is 18.7 Å². The van der Waals surface area contributed by atoms with Crippen LogP contribution >= 0.6 is 11.8 Å². The summed E-state index contributed by atoms with van der Waals surface area (Å²) >= 11 is 1.20. The Labute approximate surface area is 201 Å². The number of hydrogen-bond acceptors (Lipinski definition) is 6. The number of benzene rings is 3. The van der Waals surface area contributed by atoms with Gasteiger partial charge < -0.3 is 15.4 Å². The molecule has 0 aliphatic carbocycles. The zero-order chi connectivity index (χ0) is 24.5. The van der Waals surface area contributed by atoms with E-state index >= 15 is 0 Å². The van der Waals surface area contributed by atoms with Crippen LogP contribution in [0.15, 0.2) is 77.7 Å². The molecule has 174 valence electrons. The third-order valence-electron chi connectivity index (χ3n) is 4.72. The molecule has 0 atom stereocenters. The fraction of sp³-hybridized carbons (Fsp3) is 0.154. The zero-order valence-corrected chi connectivity index (χ0v) is 19.6. The average molecular weight is 477 g/mol. The number of thioether (sulfide) groups is 1. The number of carbonyl (C=O) groups is 4. The Hall–Kier alpha value is -3.91. The van der Waals surface area contributed by atoms with E-state index in [4.69, 9.17) is 4.74 Å². The normalized spacial score (nSPS) is 10.3. The number of hydrogen-bond donors (Lipinski definition) is 2. The van der Waals surface area contributed by atoms with Gasteiger partial charge in [0.05, 0.1) is 17.0 Å². The van der Waals surface area contributed by atoms with Gasteiger partial charge in [0.15, 0.2) is 12.4 Å². The lowest BCUT2D eigenvalue weighted by atomic mass is 10.1. The summed E-state index contributed by atoms with van der Waals surface area (Å²) in [7, 11) is 0. The molecule has 3 aromatic carbocycles. The molecular formula is C26H24N2O5S. The van der Waals surface area contributed by atoms with Gasteiger partial charge in [-0.3, -0.25) is 14.4 Å². The Morgan fingerprint density at radius 1 is 0.794 bits per heavy atom. The third kappa shape index (κ3) is 7.05. The van der Waals surface area contributed by atoms with Gasteiger partial charge in [0.2, 0.25) is 5.91 Å². The first kappa shape index (κ1) is 24.7. The molecule has 0 spiro atoms. The molecule has 0 aliphatic heterocycles. The predicted molar refractivity (Wildman–Crippen MR) is 132 cm³/mol. The van der Waals surface area contributed by atoms with Crippen molar-refractivity contribution in [3.8, 4) is 0 Å². The van der Waals surface area contributed by atoms with Crippen LogP contribution in [0.2, 0.25) is 0 Å². The first-order valence-corrected chi connectivity index (χ1v) is 11.5. The minimum atomic E-state index is -0.683. The topological polar surface area (TPSA) is 102 Å². The number of ketones is 1. The second-order valence-corrected chi connectivity index (χ2v) is 8.44. The molecule has 0 unspecified atom stereocenters. The molecule has 8 heteroatoms. The van der Waals surface area contributed by atoms with Crippen molar-refractivity contribution in [1.82, 2.24) is 0 Å². The van der Waals surface area contributed by atoms with Crippen LogP contribution in [0, 0.1) is 6.92 Å². The molecule has 2 amide bonds. The quantitative estimate of drug-likeness (QED) is 0.263. The predicted octanol–water partition coefficient (Wildman–Crippen LogP) is 4.72. The summed E-state index contributed by atoms with van der Waals surface area (Å²) in [6.45, 7) is 2.85. The molecule has 0 bridgehead atoms. The van der Waals surface area contributed by atoms with E-state index in [0.717, 1.165) is 5.56 Å². The van der Waals surface area contributed by atoms with Crippen molar-refractivity contribution < 1.29 is 23.9 Å². The van der Waals surface area contributed by atoms with E-state index < -0.39 is 18.5 Å². The molecule has 0 aliphatic rings. The van der Waals surface area contributed by atoms with Gasteiger partial charge in [-0.05, 0) is 50.2 Å². The molecule has 0 fully saturated rings. The van der Waals surface area contributed by atoms with Crippen LogP contribution < -0.4 is 10.6 Å². The Balaban J connectivity index is 1.55. The van der Waals surface area contributed by atoms with Crippen molar-refractivity contribution >= 4 is 46.7 Å². The van der Waals surface area contributed by atoms with Gasteiger partial charge in [-0.15, -0.1) is 11.8 Å². The van der Waals surface area contributed by atoms with E-state index in [-0.39, 0.29) is 23.0 Å². The molecule has 0 saturated carbocycles.